The largest absolute Gasteiger partial charge is 0.496 e. The van der Waals surface area contributed by atoms with Crippen LogP contribution < -0.4 is 9.47 Å². The van der Waals surface area contributed by atoms with Crippen molar-refractivity contribution >= 4 is 15.9 Å². The van der Waals surface area contributed by atoms with E-state index in [1.54, 1.807) is 14.2 Å². The van der Waals surface area contributed by atoms with Gasteiger partial charge in [0, 0.05) is 6.61 Å². The molecule has 0 aliphatic carbocycles. The summed E-state index contributed by atoms with van der Waals surface area (Å²) < 4.78 is 11.3. The van der Waals surface area contributed by atoms with E-state index in [-0.39, 0.29) is 6.61 Å². The molecule has 0 aliphatic rings. The number of halogens is 1. The van der Waals surface area contributed by atoms with Crippen LogP contribution in [0.3, 0.4) is 0 Å². The predicted molar refractivity (Wildman–Crippen MR) is 62.7 cm³/mol. The number of aryl methyl sites for hydroxylation is 1. The van der Waals surface area contributed by atoms with Crippen LogP contribution in [-0.4, -0.2) is 25.9 Å². The van der Waals surface area contributed by atoms with Gasteiger partial charge in [-0.05, 0) is 46.5 Å². The monoisotopic (exact) mass is 274 g/mol. The van der Waals surface area contributed by atoms with Gasteiger partial charge >= 0.3 is 0 Å². The molecule has 4 heteroatoms. The lowest BCUT2D eigenvalue weighted by molar-refractivity contribution is 0.287. The zero-order valence-electron chi connectivity index (χ0n) is 8.92. The third-order valence-electron chi connectivity index (χ3n) is 2.16. The van der Waals surface area contributed by atoms with E-state index in [2.05, 4.69) is 15.9 Å². The van der Waals surface area contributed by atoms with Gasteiger partial charge in [-0.3, -0.25) is 0 Å². The maximum Gasteiger partial charge on any atom is 0.133 e. The molecule has 3 nitrogen and oxygen atoms in total. The van der Waals surface area contributed by atoms with E-state index in [9.17, 15) is 0 Å². The first-order valence-electron chi connectivity index (χ1n) is 4.74. The molecule has 0 heterocycles. The number of aliphatic hydroxyl groups is 1. The molecule has 0 unspecified atom stereocenters. The Kier molecular flexibility index (Phi) is 4.91. The van der Waals surface area contributed by atoms with Crippen molar-refractivity contribution in [2.24, 2.45) is 0 Å². The second-order valence-electron chi connectivity index (χ2n) is 3.13. The molecule has 84 valence electrons. The van der Waals surface area contributed by atoms with Gasteiger partial charge in [0.25, 0.3) is 0 Å². The standard InChI is InChI=1S/C11H15BrO3/c1-14-10-7-9(12)11(15-2)6-8(10)4-3-5-13/h6-7,13H,3-5H2,1-2H3. The summed E-state index contributed by atoms with van der Waals surface area (Å²) in [6.45, 7) is 0.182. The highest BCUT2D eigenvalue weighted by atomic mass is 79.9. The summed E-state index contributed by atoms with van der Waals surface area (Å²) in [5, 5.41) is 8.79. The second-order valence-corrected chi connectivity index (χ2v) is 3.98. The maximum atomic E-state index is 8.79. The fraction of sp³-hybridized carbons (Fsp3) is 0.455. The van der Waals surface area contributed by atoms with E-state index in [1.807, 2.05) is 12.1 Å². The highest BCUT2D eigenvalue weighted by Crippen LogP contribution is 2.33. The molecule has 0 saturated heterocycles. The van der Waals surface area contributed by atoms with Gasteiger partial charge < -0.3 is 14.6 Å². The van der Waals surface area contributed by atoms with Crippen molar-refractivity contribution in [3.8, 4) is 11.5 Å². The van der Waals surface area contributed by atoms with Gasteiger partial charge in [0.05, 0.1) is 18.7 Å². The van der Waals surface area contributed by atoms with Crippen LogP contribution in [0.2, 0.25) is 0 Å². The Labute approximate surface area is 98.1 Å². The number of benzene rings is 1. The summed E-state index contributed by atoms with van der Waals surface area (Å²) in [7, 11) is 3.26. The lowest BCUT2D eigenvalue weighted by Crippen LogP contribution is -1.96. The Hall–Kier alpha value is -0.740. The summed E-state index contributed by atoms with van der Waals surface area (Å²) in [6, 6.07) is 3.81. The van der Waals surface area contributed by atoms with E-state index < -0.39 is 0 Å². The van der Waals surface area contributed by atoms with Gasteiger partial charge in [-0.1, -0.05) is 0 Å². The van der Waals surface area contributed by atoms with E-state index >= 15 is 0 Å². The smallest absolute Gasteiger partial charge is 0.133 e. The van der Waals surface area contributed by atoms with Crippen molar-refractivity contribution in [1.29, 1.82) is 0 Å². The minimum atomic E-state index is 0.182. The highest BCUT2D eigenvalue weighted by molar-refractivity contribution is 9.10. The van der Waals surface area contributed by atoms with E-state index in [0.29, 0.717) is 0 Å². The Bertz CT molecular complexity index is 326. The first-order valence-corrected chi connectivity index (χ1v) is 5.53. The van der Waals surface area contributed by atoms with Crippen molar-refractivity contribution < 1.29 is 14.6 Å². The molecule has 1 aromatic carbocycles. The molecule has 0 fully saturated rings. The Balaban J connectivity index is 2.99. The van der Waals surface area contributed by atoms with Crippen LogP contribution >= 0.6 is 15.9 Å². The minimum Gasteiger partial charge on any atom is -0.496 e. The molecule has 1 N–H and O–H groups in total. The van der Waals surface area contributed by atoms with Crippen LogP contribution in [0, 0.1) is 0 Å². The number of rotatable bonds is 5. The van der Waals surface area contributed by atoms with Crippen LogP contribution in [-0.2, 0) is 6.42 Å². The molecule has 0 saturated carbocycles. The Morgan fingerprint density at radius 2 is 1.87 bits per heavy atom. The highest BCUT2D eigenvalue weighted by Gasteiger charge is 2.08. The molecule has 0 aliphatic heterocycles. The molecule has 0 bridgehead atoms. The maximum absolute atomic E-state index is 8.79. The van der Waals surface area contributed by atoms with Gasteiger partial charge in [0.2, 0.25) is 0 Å². The minimum absolute atomic E-state index is 0.182. The van der Waals surface area contributed by atoms with Crippen molar-refractivity contribution in [3.05, 3.63) is 22.2 Å². The topological polar surface area (TPSA) is 38.7 Å². The van der Waals surface area contributed by atoms with Crippen molar-refractivity contribution in [2.45, 2.75) is 12.8 Å². The second kappa shape index (κ2) is 5.98. The SMILES string of the molecule is COc1cc(CCCO)c(OC)cc1Br. The summed E-state index contributed by atoms with van der Waals surface area (Å²) >= 11 is 3.40. The molecule has 0 atom stereocenters. The van der Waals surface area contributed by atoms with Gasteiger partial charge in [-0.25, -0.2) is 0 Å². The van der Waals surface area contributed by atoms with Crippen LogP contribution in [0.15, 0.2) is 16.6 Å². The Morgan fingerprint density at radius 1 is 1.20 bits per heavy atom. The van der Waals surface area contributed by atoms with E-state index in [1.165, 1.54) is 0 Å². The normalized spacial score (nSPS) is 10.1. The van der Waals surface area contributed by atoms with Gasteiger partial charge in [0.15, 0.2) is 0 Å². The van der Waals surface area contributed by atoms with Crippen LogP contribution in [0.4, 0.5) is 0 Å². The van der Waals surface area contributed by atoms with Crippen molar-refractivity contribution in [2.75, 3.05) is 20.8 Å². The predicted octanol–water partition coefficient (Wildman–Crippen LogP) is 2.39. The quantitative estimate of drug-likeness (QED) is 0.896. The molecule has 0 radical (unpaired) electrons. The average molecular weight is 275 g/mol. The lowest BCUT2D eigenvalue weighted by atomic mass is 10.1. The fourth-order valence-corrected chi connectivity index (χ4v) is 1.87. The molecule has 0 amide bonds. The molecule has 0 aromatic heterocycles. The van der Waals surface area contributed by atoms with E-state index in [4.69, 9.17) is 14.6 Å². The van der Waals surface area contributed by atoms with Crippen LogP contribution in [0.25, 0.3) is 0 Å². The van der Waals surface area contributed by atoms with Gasteiger partial charge in [0.1, 0.15) is 11.5 Å². The zero-order chi connectivity index (χ0) is 11.3. The summed E-state index contributed by atoms with van der Waals surface area (Å²) in [5.41, 5.74) is 1.05. The average Bonchev–Trinajstić information content (AvgIpc) is 2.26. The number of aliphatic hydroxyl groups excluding tert-OH is 1. The number of hydrogen-bond donors (Lipinski definition) is 1. The molecule has 1 aromatic rings. The summed E-state index contributed by atoms with van der Waals surface area (Å²) in [5.74, 6) is 1.60. The van der Waals surface area contributed by atoms with Crippen molar-refractivity contribution in [3.63, 3.8) is 0 Å². The number of methoxy groups -OCH3 is 2. The lowest BCUT2D eigenvalue weighted by Gasteiger charge is -2.11. The molecule has 1 rings (SSSR count). The van der Waals surface area contributed by atoms with Crippen molar-refractivity contribution in [1.82, 2.24) is 0 Å². The summed E-state index contributed by atoms with van der Waals surface area (Å²) in [4.78, 5) is 0. The molecule has 15 heavy (non-hydrogen) atoms. The van der Waals surface area contributed by atoms with Crippen LogP contribution in [0.1, 0.15) is 12.0 Å². The van der Waals surface area contributed by atoms with Gasteiger partial charge in [-0.2, -0.15) is 0 Å². The van der Waals surface area contributed by atoms with Gasteiger partial charge in [-0.15, -0.1) is 0 Å². The Morgan fingerprint density at radius 3 is 2.40 bits per heavy atom. The molecule has 0 spiro atoms. The molecular formula is C11H15BrO3. The first-order chi connectivity index (χ1) is 7.22. The third-order valence-corrected chi connectivity index (χ3v) is 2.78. The zero-order valence-corrected chi connectivity index (χ0v) is 10.5. The first kappa shape index (κ1) is 12.3. The third kappa shape index (κ3) is 3.11. The number of ether oxygens (including phenoxy) is 2. The molecular weight excluding hydrogens is 260 g/mol. The van der Waals surface area contributed by atoms with E-state index in [0.717, 1.165) is 34.4 Å². The summed E-state index contributed by atoms with van der Waals surface area (Å²) in [6.07, 6.45) is 1.50. The number of hydrogen-bond acceptors (Lipinski definition) is 3. The fourth-order valence-electron chi connectivity index (χ4n) is 1.39. The van der Waals surface area contributed by atoms with Crippen LogP contribution in [0.5, 0.6) is 11.5 Å².